The van der Waals surface area contributed by atoms with Crippen molar-refractivity contribution in [3.63, 3.8) is 0 Å². The van der Waals surface area contributed by atoms with Crippen LogP contribution in [-0.4, -0.2) is 45.4 Å². The molecule has 1 amide bonds. The zero-order chi connectivity index (χ0) is 20.0. The number of para-hydroxylation sites is 2. The van der Waals surface area contributed by atoms with Crippen LogP contribution < -0.4 is 15.5 Å². The van der Waals surface area contributed by atoms with Gasteiger partial charge in [0, 0.05) is 37.7 Å². The lowest BCUT2D eigenvalue weighted by atomic mass is 9.78. The summed E-state index contributed by atoms with van der Waals surface area (Å²) in [5, 5.41) is 2.03. The molecule has 6 nitrogen and oxygen atoms in total. The number of aromatic nitrogens is 3. The second-order valence-electron chi connectivity index (χ2n) is 8.35. The van der Waals surface area contributed by atoms with Crippen LogP contribution in [-0.2, 0) is 11.3 Å². The van der Waals surface area contributed by atoms with Crippen molar-refractivity contribution in [1.29, 1.82) is 0 Å². The summed E-state index contributed by atoms with van der Waals surface area (Å²) >= 11 is 0. The topological polar surface area (TPSA) is 68.0 Å². The van der Waals surface area contributed by atoms with Crippen LogP contribution >= 0.6 is 0 Å². The van der Waals surface area contributed by atoms with Gasteiger partial charge in [0.1, 0.15) is 0 Å². The van der Waals surface area contributed by atoms with Crippen molar-refractivity contribution in [3.8, 4) is 0 Å². The first kappa shape index (κ1) is 18.0. The number of hydrogen-bond donors (Lipinski definition) is 2. The second-order valence-corrected chi connectivity index (χ2v) is 8.35. The summed E-state index contributed by atoms with van der Waals surface area (Å²) in [6.07, 6.45) is 6.90. The summed E-state index contributed by atoms with van der Waals surface area (Å²) in [5.41, 5.74) is 2.82. The minimum Gasteiger partial charge on any atom is -0.361 e. The molecule has 2 aliphatic rings. The van der Waals surface area contributed by atoms with Gasteiger partial charge in [-0.3, -0.25) is 4.79 Å². The number of rotatable bonds is 3. The van der Waals surface area contributed by atoms with Gasteiger partial charge in [-0.25, -0.2) is 4.98 Å². The van der Waals surface area contributed by atoms with E-state index >= 15 is 0 Å². The lowest BCUT2D eigenvalue weighted by Crippen LogP contribution is -2.50. The van der Waals surface area contributed by atoms with Crippen LogP contribution in [0.4, 0.5) is 5.95 Å². The molecule has 2 saturated heterocycles. The fourth-order valence-electron chi connectivity index (χ4n) is 4.94. The molecule has 2 aliphatic heterocycles. The number of H-pyrrole nitrogens is 2. The van der Waals surface area contributed by atoms with Gasteiger partial charge in [0.25, 0.3) is 0 Å². The zero-order valence-corrected chi connectivity index (χ0v) is 16.9. The molecule has 2 fully saturated rings. The van der Waals surface area contributed by atoms with Crippen LogP contribution in [0, 0.1) is 5.41 Å². The summed E-state index contributed by atoms with van der Waals surface area (Å²) in [4.78, 5) is 29.2. The number of nitrogens with one attached hydrogen (secondary N) is 2. The maximum absolute atomic E-state index is 13.5. The quantitative estimate of drug-likeness (QED) is 0.721. The number of hydrogen-bond acceptors (Lipinski definition) is 3. The van der Waals surface area contributed by atoms with E-state index in [2.05, 4.69) is 21.4 Å². The maximum atomic E-state index is 13.5. The van der Waals surface area contributed by atoms with Crippen LogP contribution in [0.2, 0.25) is 0 Å². The second kappa shape index (κ2) is 6.79. The average molecular weight is 390 g/mol. The van der Waals surface area contributed by atoms with Crippen LogP contribution in [0.1, 0.15) is 31.7 Å². The van der Waals surface area contributed by atoms with Gasteiger partial charge >= 0.3 is 0 Å². The first-order valence-corrected chi connectivity index (χ1v) is 10.4. The van der Waals surface area contributed by atoms with E-state index in [1.165, 1.54) is 0 Å². The van der Waals surface area contributed by atoms with Crippen molar-refractivity contribution in [2.24, 2.45) is 5.41 Å². The van der Waals surface area contributed by atoms with Gasteiger partial charge in [-0.05, 0) is 49.1 Å². The van der Waals surface area contributed by atoms with E-state index < -0.39 is 0 Å². The van der Waals surface area contributed by atoms with E-state index in [0.717, 1.165) is 72.0 Å². The molecular formula is C23H27N5O. The van der Waals surface area contributed by atoms with Crippen molar-refractivity contribution < 1.29 is 4.79 Å². The Bertz CT molecular complexity index is 1140. The Kier molecular flexibility index (Phi) is 4.23. The number of anilines is 1. The van der Waals surface area contributed by atoms with Gasteiger partial charge in [-0.1, -0.05) is 24.8 Å². The Morgan fingerprint density at radius 2 is 2.14 bits per heavy atom. The number of imidazole rings is 1. The van der Waals surface area contributed by atoms with Gasteiger partial charge < -0.3 is 19.8 Å². The predicted molar refractivity (Wildman–Crippen MR) is 116 cm³/mol. The molecule has 1 spiro atoms. The summed E-state index contributed by atoms with van der Waals surface area (Å²) in [5.74, 6) is 1.16. The van der Waals surface area contributed by atoms with Crippen LogP contribution in [0.3, 0.4) is 0 Å². The summed E-state index contributed by atoms with van der Waals surface area (Å²) in [6, 6.07) is 8.07. The fraction of sp³-hybridized carbons (Fsp3) is 0.391. The predicted octanol–water partition coefficient (Wildman–Crippen LogP) is 2.12. The third-order valence-corrected chi connectivity index (χ3v) is 6.62. The molecule has 4 heterocycles. The van der Waals surface area contributed by atoms with Gasteiger partial charge in [0.2, 0.25) is 11.9 Å². The molecule has 0 aliphatic carbocycles. The molecule has 1 atom stereocenters. The lowest BCUT2D eigenvalue weighted by Gasteiger charge is -2.39. The number of carbonyl (C=O) groups excluding carboxylic acids is 1. The number of piperidine rings is 1. The van der Waals surface area contributed by atoms with Crippen LogP contribution in [0.15, 0.2) is 30.5 Å². The number of benzene rings is 1. The Morgan fingerprint density at radius 1 is 1.28 bits per heavy atom. The molecule has 150 valence electrons. The maximum Gasteiger partial charge on any atom is 0.230 e. The van der Waals surface area contributed by atoms with Crippen molar-refractivity contribution in [3.05, 3.63) is 46.6 Å². The molecule has 0 radical (unpaired) electrons. The Labute approximate surface area is 169 Å². The highest BCUT2D eigenvalue weighted by molar-refractivity contribution is 5.85. The molecule has 3 aromatic rings. The normalized spacial score (nSPS) is 23.1. The number of nitrogens with zero attached hydrogens (tertiary/aromatic N) is 3. The van der Waals surface area contributed by atoms with Gasteiger partial charge in [-0.2, -0.15) is 0 Å². The van der Waals surface area contributed by atoms with Gasteiger partial charge in [-0.15, -0.1) is 0 Å². The fourth-order valence-corrected chi connectivity index (χ4v) is 4.94. The van der Waals surface area contributed by atoms with Crippen molar-refractivity contribution in [1.82, 2.24) is 19.9 Å². The molecule has 0 saturated carbocycles. The highest BCUT2D eigenvalue weighted by atomic mass is 16.2. The van der Waals surface area contributed by atoms with E-state index in [1.807, 2.05) is 48.4 Å². The third kappa shape index (κ3) is 2.94. The zero-order valence-electron chi connectivity index (χ0n) is 16.9. The Balaban J connectivity index is 1.37. The first-order chi connectivity index (χ1) is 14.1. The summed E-state index contributed by atoms with van der Waals surface area (Å²) in [6.45, 7) is 9.23. The van der Waals surface area contributed by atoms with E-state index in [4.69, 9.17) is 4.98 Å². The molecule has 2 N–H and O–H groups in total. The molecular weight excluding hydrogens is 362 g/mol. The molecule has 0 bridgehead atoms. The number of likely N-dealkylation sites (tertiary alicyclic amines) is 1. The number of fused-ring (bicyclic) bond motifs is 1. The molecule has 6 heteroatoms. The molecule has 29 heavy (non-hydrogen) atoms. The van der Waals surface area contributed by atoms with Crippen molar-refractivity contribution >= 4 is 35.5 Å². The van der Waals surface area contributed by atoms with Gasteiger partial charge in [0.05, 0.1) is 16.4 Å². The monoisotopic (exact) mass is 389 g/mol. The summed E-state index contributed by atoms with van der Waals surface area (Å²) < 4.78 is 0. The third-order valence-electron chi connectivity index (χ3n) is 6.62. The number of amides is 1. The smallest absolute Gasteiger partial charge is 0.230 e. The SMILES string of the molecule is C=c1c(CN2CCCC3(CCN(c4nc5ccccc5[nH]4)C3)C2=O)c[nH]c1=CC. The average Bonchev–Trinajstić information content (AvgIpc) is 3.43. The van der Waals surface area contributed by atoms with E-state index in [1.54, 1.807) is 0 Å². The Hall–Kier alpha value is -3.02. The van der Waals surface area contributed by atoms with E-state index in [9.17, 15) is 4.79 Å². The number of carbonyl (C=O) groups is 1. The largest absolute Gasteiger partial charge is 0.361 e. The van der Waals surface area contributed by atoms with E-state index in [0.29, 0.717) is 6.54 Å². The van der Waals surface area contributed by atoms with Crippen molar-refractivity contribution in [2.45, 2.75) is 32.7 Å². The minimum absolute atomic E-state index is 0.282. The Morgan fingerprint density at radius 3 is 2.93 bits per heavy atom. The van der Waals surface area contributed by atoms with Crippen LogP contribution in [0.5, 0.6) is 0 Å². The molecule has 5 rings (SSSR count). The molecule has 1 unspecified atom stereocenters. The van der Waals surface area contributed by atoms with Crippen LogP contribution in [0.25, 0.3) is 23.7 Å². The lowest BCUT2D eigenvalue weighted by molar-refractivity contribution is -0.145. The molecule has 2 aromatic heterocycles. The highest BCUT2D eigenvalue weighted by Crippen LogP contribution is 2.41. The standard InChI is InChI=1S/C23H27N5O/c1-3-18-16(2)17(13-24-18)14-27-11-6-9-23(21(27)29)10-12-28(15-23)22-25-19-7-4-5-8-20(19)26-22/h3-5,7-8,13,24H,2,6,9-12,14-15H2,1H3,(H,25,26). The first-order valence-electron chi connectivity index (χ1n) is 10.4. The summed E-state index contributed by atoms with van der Waals surface area (Å²) in [7, 11) is 0. The van der Waals surface area contributed by atoms with Gasteiger partial charge in [0.15, 0.2) is 0 Å². The molecule has 1 aromatic carbocycles. The van der Waals surface area contributed by atoms with Crippen molar-refractivity contribution in [2.75, 3.05) is 24.5 Å². The van der Waals surface area contributed by atoms with E-state index in [-0.39, 0.29) is 11.3 Å². The minimum atomic E-state index is -0.297. The number of aromatic amines is 2. The highest BCUT2D eigenvalue weighted by Gasteiger charge is 2.48.